The highest BCUT2D eigenvalue weighted by Gasteiger charge is 2.09. The fourth-order valence-corrected chi connectivity index (χ4v) is 2.81. The van der Waals surface area contributed by atoms with Gasteiger partial charge >= 0.3 is 0 Å². The minimum absolute atomic E-state index is 0.170. The van der Waals surface area contributed by atoms with Crippen molar-refractivity contribution in [2.75, 3.05) is 13.7 Å². The molecule has 0 fully saturated rings. The van der Waals surface area contributed by atoms with Gasteiger partial charge in [-0.25, -0.2) is 0 Å². The predicted octanol–water partition coefficient (Wildman–Crippen LogP) is 2.99. The van der Waals surface area contributed by atoms with E-state index in [0.717, 1.165) is 16.9 Å². The molecular weight excluding hydrogens is 366 g/mol. The Balaban J connectivity index is 1.48. The molecule has 2 aromatic carbocycles. The number of aromatic nitrogens is 1. The van der Waals surface area contributed by atoms with Crippen molar-refractivity contribution < 1.29 is 14.3 Å². The Morgan fingerprint density at radius 3 is 2.17 bits per heavy atom. The van der Waals surface area contributed by atoms with Gasteiger partial charge in [-0.3, -0.25) is 14.6 Å². The molecular formula is C23H23N3O3. The maximum Gasteiger partial charge on any atom is 0.251 e. The predicted molar refractivity (Wildman–Crippen MR) is 111 cm³/mol. The van der Waals surface area contributed by atoms with Crippen LogP contribution in [0, 0.1) is 0 Å². The van der Waals surface area contributed by atoms with E-state index in [0.29, 0.717) is 30.6 Å². The Morgan fingerprint density at radius 1 is 0.862 bits per heavy atom. The first kappa shape index (κ1) is 20.1. The smallest absolute Gasteiger partial charge is 0.251 e. The Bertz CT molecular complexity index is 957. The number of rotatable bonds is 8. The van der Waals surface area contributed by atoms with Crippen LogP contribution in [0.4, 0.5) is 0 Å². The van der Waals surface area contributed by atoms with Gasteiger partial charge in [0.2, 0.25) is 0 Å². The van der Waals surface area contributed by atoms with E-state index < -0.39 is 0 Å². The average molecular weight is 389 g/mol. The van der Waals surface area contributed by atoms with E-state index in [-0.39, 0.29) is 11.8 Å². The summed E-state index contributed by atoms with van der Waals surface area (Å²) in [5, 5.41) is 5.74. The highest BCUT2D eigenvalue weighted by Crippen LogP contribution is 2.12. The van der Waals surface area contributed by atoms with Crippen LogP contribution >= 0.6 is 0 Å². The standard InChI is InChI=1S/C23H23N3O3/c1-29-21-4-2-3-17(15-21)11-14-25-22(27)19-5-7-20(8-6-19)23(28)26-16-18-9-12-24-13-10-18/h2-10,12-13,15H,11,14,16H2,1H3,(H,25,27)(H,26,28). The van der Waals surface area contributed by atoms with Gasteiger partial charge in [0.05, 0.1) is 7.11 Å². The molecule has 0 bridgehead atoms. The molecule has 3 aromatic rings. The maximum absolute atomic E-state index is 12.3. The van der Waals surface area contributed by atoms with Crippen molar-refractivity contribution in [1.29, 1.82) is 0 Å². The molecule has 0 aliphatic heterocycles. The molecule has 148 valence electrons. The molecule has 0 saturated heterocycles. The topological polar surface area (TPSA) is 80.3 Å². The maximum atomic E-state index is 12.3. The highest BCUT2D eigenvalue weighted by atomic mass is 16.5. The first-order valence-electron chi connectivity index (χ1n) is 9.34. The van der Waals surface area contributed by atoms with Gasteiger partial charge in [-0.05, 0) is 66.1 Å². The van der Waals surface area contributed by atoms with Crippen molar-refractivity contribution in [2.45, 2.75) is 13.0 Å². The number of ether oxygens (including phenoxy) is 1. The van der Waals surface area contributed by atoms with Gasteiger partial charge in [-0.15, -0.1) is 0 Å². The zero-order valence-corrected chi connectivity index (χ0v) is 16.2. The van der Waals surface area contributed by atoms with Crippen LogP contribution in [0.5, 0.6) is 5.75 Å². The first-order chi connectivity index (χ1) is 14.2. The molecule has 1 heterocycles. The van der Waals surface area contributed by atoms with Crippen molar-refractivity contribution >= 4 is 11.8 Å². The molecule has 0 saturated carbocycles. The summed E-state index contributed by atoms with van der Waals surface area (Å²) in [7, 11) is 1.63. The lowest BCUT2D eigenvalue weighted by molar-refractivity contribution is 0.0940. The quantitative estimate of drug-likeness (QED) is 0.621. The minimum Gasteiger partial charge on any atom is -0.497 e. The molecule has 1 aromatic heterocycles. The number of hydrogen-bond donors (Lipinski definition) is 2. The van der Waals surface area contributed by atoms with Gasteiger partial charge in [0.1, 0.15) is 5.75 Å². The SMILES string of the molecule is COc1cccc(CCNC(=O)c2ccc(C(=O)NCc3ccncc3)cc2)c1. The fourth-order valence-electron chi connectivity index (χ4n) is 2.81. The van der Waals surface area contributed by atoms with Crippen molar-refractivity contribution in [3.63, 3.8) is 0 Å². The highest BCUT2D eigenvalue weighted by molar-refractivity contribution is 5.97. The van der Waals surface area contributed by atoms with Gasteiger partial charge in [-0.2, -0.15) is 0 Å². The van der Waals surface area contributed by atoms with E-state index in [1.807, 2.05) is 36.4 Å². The van der Waals surface area contributed by atoms with Crippen LogP contribution in [0.2, 0.25) is 0 Å². The number of amides is 2. The van der Waals surface area contributed by atoms with Gasteiger partial charge in [-0.1, -0.05) is 12.1 Å². The molecule has 0 radical (unpaired) electrons. The minimum atomic E-state index is -0.188. The Kier molecular flexibility index (Phi) is 6.95. The van der Waals surface area contributed by atoms with Crippen molar-refractivity contribution in [3.05, 3.63) is 95.3 Å². The van der Waals surface area contributed by atoms with E-state index in [1.165, 1.54) is 0 Å². The Labute approximate surface area is 169 Å². The fraction of sp³-hybridized carbons (Fsp3) is 0.174. The van der Waals surface area contributed by atoms with E-state index in [2.05, 4.69) is 15.6 Å². The average Bonchev–Trinajstić information content (AvgIpc) is 2.78. The zero-order valence-electron chi connectivity index (χ0n) is 16.2. The molecule has 0 aliphatic carbocycles. The lowest BCUT2D eigenvalue weighted by Gasteiger charge is -2.08. The van der Waals surface area contributed by atoms with Crippen LogP contribution in [-0.2, 0) is 13.0 Å². The van der Waals surface area contributed by atoms with Gasteiger partial charge in [0.15, 0.2) is 0 Å². The van der Waals surface area contributed by atoms with Gasteiger partial charge in [0, 0.05) is 36.6 Å². The number of hydrogen-bond acceptors (Lipinski definition) is 4. The van der Waals surface area contributed by atoms with Gasteiger partial charge in [0.25, 0.3) is 11.8 Å². The lowest BCUT2D eigenvalue weighted by Crippen LogP contribution is -2.26. The summed E-state index contributed by atoms with van der Waals surface area (Å²) < 4.78 is 5.20. The van der Waals surface area contributed by atoms with E-state index >= 15 is 0 Å². The zero-order chi connectivity index (χ0) is 20.5. The molecule has 6 heteroatoms. The second-order valence-electron chi connectivity index (χ2n) is 6.47. The molecule has 0 atom stereocenters. The summed E-state index contributed by atoms with van der Waals surface area (Å²) in [5.41, 5.74) is 3.08. The number of methoxy groups -OCH3 is 1. The van der Waals surface area contributed by atoms with Crippen LogP contribution in [0.25, 0.3) is 0 Å². The number of carbonyl (C=O) groups excluding carboxylic acids is 2. The molecule has 6 nitrogen and oxygen atoms in total. The van der Waals surface area contributed by atoms with E-state index in [4.69, 9.17) is 4.74 Å². The van der Waals surface area contributed by atoms with Crippen molar-refractivity contribution in [2.24, 2.45) is 0 Å². The van der Waals surface area contributed by atoms with E-state index in [9.17, 15) is 9.59 Å². The number of nitrogens with zero attached hydrogens (tertiary/aromatic N) is 1. The summed E-state index contributed by atoms with van der Waals surface area (Å²) in [6.45, 7) is 0.939. The molecule has 2 amide bonds. The monoisotopic (exact) mass is 389 g/mol. The lowest BCUT2D eigenvalue weighted by atomic mass is 10.1. The molecule has 0 spiro atoms. The third-order valence-electron chi connectivity index (χ3n) is 4.45. The van der Waals surface area contributed by atoms with Crippen molar-refractivity contribution in [1.82, 2.24) is 15.6 Å². The van der Waals surface area contributed by atoms with Crippen LogP contribution in [0.1, 0.15) is 31.8 Å². The largest absolute Gasteiger partial charge is 0.497 e. The molecule has 0 aliphatic rings. The first-order valence-corrected chi connectivity index (χ1v) is 9.34. The summed E-state index contributed by atoms with van der Waals surface area (Å²) in [5.74, 6) is 0.440. The molecule has 29 heavy (non-hydrogen) atoms. The van der Waals surface area contributed by atoms with Crippen LogP contribution in [0.15, 0.2) is 73.1 Å². The third-order valence-corrected chi connectivity index (χ3v) is 4.45. The molecule has 2 N–H and O–H groups in total. The number of benzene rings is 2. The summed E-state index contributed by atoms with van der Waals surface area (Å²) in [4.78, 5) is 28.5. The Morgan fingerprint density at radius 2 is 1.52 bits per heavy atom. The second kappa shape index (κ2) is 10.0. The summed E-state index contributed by atoms with van der Waals surface area (Å²) >= 11 is 0. The molecule has 0 unspecified atom stereocenters. The molecule has 3 rings (SSSR count). The second-order valence-corrected chi connectivity index (χ2v) is 6.47. The summed E-state index contributed by atoms with van der Waals surface area (Å²) in [6.07, 6.45) is 4.07. The normalized spacial score (nSPS) is 10.2. The third kappa shape index (κ3) is 5.90. The Hall–Kier alpha value is -3.67. The van der Waals surface area contributed by atoms with Crippen molar-refractivity contribution in [3.8, 4) is 5.75 Å². The van der Waals surface area contributed by atoms with Crippen LogP contribution in [0.3, 0.4) is 0 Å². The van der Waals surface area contributed by atoms with E-state index in [1.54, 1.807) is 43.8 Å². The number of carbonyl (C=O) groups is 2. The van der Waals surface area contributed by atoms with Gasteiger partial charge < -0.3 is 15.4 Å². The van der Waals surface area contributed by atoms with Crippen LogP contribution in [-0.4, -0.2) is 30.5 Å². The van der Waals surface area contributed by atoms with Crippen LogP contribution < -0.4 is 15.4 Å². The number of pyridine rings is 1. The number of nitrogens with one attached hydrogen (secondary N) is 2. The summed E-state index contributed by atoms with van der Waals surface area (Å²) in [6, 6.07) is 18.1.